The number of methoxy groups -OCH3 is 1. The van der Waals surface area contributed by atoms with E-state index in [-0.39, 0.29) is 5.56 Å². The third-order valence-corrected chi connectivity index (χ3v) is 2.97. The van der Waals surface area contributed by atoms with E-state index in [9.17, 15) is 23.1 Å². The first-order chi connectivity index (χ1) is 9.34. The highest BCUT2D eigenvalue weighted by Crippen LogP contribution is 2.36. The maximum Gasteiger partial charge on any atom is 0.431 e. The molecule has 0 aliphatic heterocycles. The van der Waals surface area contributed by atoms with E-state index in [1.54, 1.807) is 12.1 Å². The Morgan fingerprint density at radius 1 is 1.40 bits per heavy atom. The number of hydrogen-bond donors (Lipinski definition) is 2. The van der Waals surface area contributed by atoms with Crippen LogP contribution in [-0.4, -0.2) is 29.3 Å². The fourth-order valence-electron chi connectivity index (χ4n) is 2.07. The highest BCUT2D eigenvalue weighted by atomic mass is 19.4. The summed E-state index contributed by atoms with van der Waals surface area (Å²) in [6, 6.07) is 6.18. The summed E-state index contributed by atoms with van der Waals surface area (Å²) in [5.41, 5.74) is -0.806. The molecule has 20 heavy (non-hydrogen) atoms. The van der Waals surface area contributed by atoms with E-state index in [2.05, 4.69) is 9.72 Å². The number of carbonyl (C=O) groups is 1. The SMILES string of the molecule is COC(=O)C(O)Cc1c(C(F)(F)F)[nH]c2ccccc12. The van der Waals surface area contributed by atoms with Crippen LogP contribution in [0.15, 0.2) is 24.3 Å². The van der Waals surface area contributed by atoms with Crippen molar-refractivity contribution in [1.29, 1.82) is 0 Å². The van der Waals surface area contributed by atoms with Crippen molar-refractivity contribution in [3.05, 3.63) is 35.5 Å². The van der Waals surface area contributed by atoms with Crippen molar-refractivity contribution < 1.29 is 27.8 Å². The maximum atomic E-state index is 13.0. The van der Waals surface area contributed by atoms with Crippen molar-refractivity contribution in [3.8, 4) is 0 Å². The minimum Gasteiger partial charge on any atom is -0.467 e. The molecular formula is C13H12F3NO3. The van der Waals surface area contributed by atoms with E-state index >= 15 is 0 Å². The van der Waals surface area contributed by atoms with Crippen LogP contribution in [0.3, 0.4) is 0 Å². The van der Waals surface area contributed by atoms with E-state index in [0.29, 0.717) is 10.9 Å². The highest BCUT2D eigenvalue weighted by molar-refractivity contribution is 5.86. The summed E-state index contributed by atoms with van der Waals surface area (Å²) >= 11 is 0. The van der Waals surface area contributed by atoms with Crippen LogP contribution in [0.25, 0.3) is 10.9 Å². The van der Waals surface area contributed by atoms with Gasteiger partial charge in [0.05, 0.1) is 7.11 Å². The molecule has 2 rings (SSSR count). The highest BCUT2D eigenvalue weighted by Gasteiger charge is 2.37. The Morgan fingerprint density at radius 3 is 2.65 bits per heavy atom. The zero-order valence-electron chi connectivity index (χ0n) is 10.5. The Bertz CT molecular complexity index is 633. The molecule has 0 spiro atoms. The van der Waals surface area contributed by atoms with Crippen LogP contribution in [0.5, 0.6) is 0 Å². The number of nitrogens with one attached hydrogen (secondary N) is 1. The number of aromatic amines is 1. The van der Waals surface area contributed by atoms with Crippen LogP contribution in [0.4, 0.5) is 13.2 Å². The number of alkyl halides is 3. The summed E-state index contributed by atoms with van der Waals surface area (Å²) in [5.74, 6) is -0.969. The number of hydrogen-bond acceptors (Lipinski definition) is 3. The van der Waals surface area contributed by atoms with Crippen LogP contribution in [0, 0.1) is 0 Å². The van der Waals surface area contributed by atoms with Crippen molar-refractivity contribution in [3.63, 3.8) is 0 Å². The van der Waals surface area contributed by atoms with E-state index in [1.807, 2.05) is 0 Å². The van der Waals surface area contributed by atoms with Gasteiger partial charge in [0.1, 0.15) is 5.69 Å². The Labute approximate surface area is 112 Å². The Balaban J connectivity index is 2.51. The van der Waals surface area contributed by atoms with Gasteiger partial charge in [0.25, 0.3) is 0 Å². The summed E-state index contributed by atoms with van der Waals surface area (Å²) < 4.78 is 43.3. The van der Waals surface area contributed by atoms with Gasteiger partial charge in [-0.25, -0.2) is 4.79 Å². The summed E-state index contributed by atoms with van der Waals surface area (Å²) in [7, 11) is 1.06. The average Bonchev–Trinajstić information content (AvgIpc) is 2.77. The minimum absolute atomic E-state index is 0.147. The summed E-state index contributed by atoms with van der Waals surface area (Å²) in [4.78, 5) is 13.4. The fourth-order valence-corrected chi connectivity index (χ4v) is 2.07. The molecule has 0 radical (unpaired) electrons. The molecule has 0 aliphatic carbocycles. The number of benzene rings is 1. The van der Waals surface area contributed by atoms with Crippen molar-refractivity contribution in [2.24, 2.45) is 0 Å². The number of aromatic nitrogens is 1. The number of carbonyl (C=O) groups excluding carboxylic acids is 1. The molecule has 0 aliphatic rings. The quantitative estimate of drug-likeness (QED) is 0.851. The van der Waals surface area contributed by atoms with Crippen LogP contribution in [-0.2, 0) is 22.1 Å². The number of para-hydroxylation sites is 1. The molecule has 1 unspecified atom stereocenters. The standard InChI is InChI=1S/C13H12F3NO3/c1-20-12(19)10(18)6-8-7-4-2-3-5-9(7)17-11(8)13(14,15)16/h2-5,10,17-18H,6H2,1H3. The van der Waals surface area contributed by atoms with Crippen LogP contribution < -0.4 is 0 Å². The molecule has 0 bridgehead atoms. The van der Waals surface area contributed by atoms with Gasteiger partial charge in [-0.2, -0.15) is 13.2 Å². The maximum absolute atomic E-state index is 13.0. The second kappa shape index (κ2) is 5.16. The van der Waals surface area contributed by atoms with Gasteiger partial charge in [0.15, 0.2) is 6.10 Å². The first-order valence-electron chi connectivity index (χ1n) is 5.77. The lowest BCUT2D eigenvalue weighted by Gasteiger charge is -2.11. The van der Waals surface area contributed by atoms with Gasteiger partial charge >= 0.3 is 12.1 Å². The number of aliphatic hydroxyl groups excluding tert-OH is 1. The van der Waals surface area contributed by atoms with Crippen molar-refractivity contribution >= 4 is 16.9 Å². The lowest BCUT2D eigenvalue weighted by atomic mass is 10.0. The zero-order chi connectivity index (χ0) is 14.9. The summed E-state index contributed by atoms with van der Waals surface area (Å²) in [6.45, 7) is 0. The number of rotatable bonds is 3. The zero-order valence-corrected chi connectivity index (χ0v) is 10.5. The van der Waals surface area contributed by atoms with Crippen LogP contribution in [0.2, 0.25) is 0 Å². The lowest BCUT2D eigenvalue weighted by molar-refractivity contribution is -0.151. The molecule has 0 saturated heterocycles. The van der Waals surface area contributed by atoms with E-state index in [4.69, 9.17) is 0 Å². The molecule has 1 atom stereocenters. The molecule has 1 aromatic heterocycles. The van der Waals surface area contributed by atoms with Gasteiger partial charge in [-0.05, 0) is 11.6 Å². The number of ether oxygens (including phenoxy) is 1. The molecule has 0 fully saturated rings. The first-order valence-corrected chi connectivity index (χ1v) is 5.77. The molecule has 0 amide bonds. The van der Waals surface area contributed by atoms with Gasteiger partial charge < -0.3 is 14.8 Å². The van der Waals surface area contributed by atoms with Crippen LogP contribution in [0.1, 0.15) is 11.3 Å². The fraction of sp³-hybridized carbons (Fsp3) is 0.308. The molecule has 1 heterocycles. The molecule has 108 valence electrons. The van der Waals surface area contributed by atoms with E-state index in [1.165, 1.54) is 12.1 Å². The number of H-pyrrole nitrogens is 1. The first kappa shape index (κ1) is 14.4. The number of fused-ring (bicyclic) bond motifs is 1. The second-order valence-electron chi connectivity index (χ2n) is 4.26. The molecule has 2 N–H and O–H groups in total. The summed E-state index contributed by atoms with van der Waals surface area (Å²) in [6.07, 6.45) is -6.70. The molecule has 1 aromatic carbocycles. The van der Waals surface area contributed by atoms with Crippen molar-refractivity contribution in [1.82, 2.24) is 4.98 Å². The van der Waals surface area contributed by atoms with Gasteiger partial charge in [-0.3, -0.25) is 0 Å². The van der Waals surface area contributed by atoms with Gasteiger partial charge in [0.2, 0.25) is 0 Å². The average molecular weight is 287 g/mol. The topological polar surface area (TPSA) is 62.3 Å². The van der Waals surface area contributed by atoms with Crippen LogP contribution >= 0.6 is 0 Å². The van der Waals surface area contributed by atoms with Crippen molar-refractivity contribution in [2.75, 3.05) is 7.11 Å². The second-order valence-corrected chi connectivity index (χ2v) is 4.26. The predicted octanol–water partition coefficient (Wildman–Crippen LogP) is 2.26. The third kappa shape index (κ3) is 2.62. The molecule has 4 nitrogen and oxygen atoms in total. The predicted molar refractivity (Wildman–Crippen MR) is 65.0 cm³/mol. The normalized spacial score (nSPS) is 13.4. The monoisotopic (exact) mass is 287 g/mol. The van der Waals surface area contributed by atoms with Gasteiger partial charge in [-0.15, -0.1) is 0 Å². The summed E-state index contributed by atoms with van der Waals surface area (Å²) in [5, 5.41) is 9.91. The Hall–Kier alpha value is -2.02. The minimum atomic E-state index is -4.59. The molecular weight excluding hydrogens is 275 g/mol. The Morgan fingerprint density at radius 2 is 2.05 bits per heavy atom. The number of esters is 1. The number of halogens is 3. The largest absolute Gasteiger partial charge is 0.467 e. The number of aliphatic hydroxyl groups is 1. The smallest absolute Gasteiger partial charge is 0.431 e. The molecule has 0 saturated carbocycles. The van der Waals surface area contributed by atoms with Crippen molar-refractivity contribution in [2.45, 2.75) is 18.7 Å². The molecule has 7 heteroatoms. The van der Waals surface area contributed by atoms with E-state index < -0.39 is 30.4 Å². The van der Waals surface area contributed by atoms with Gasteiger partial charge in [-0.1, -0.05) is 18.2 Å². The lowest BCUT2D eigenvalue weighted by Crippen LogP contribution is -2.25. The van der Waals surface area contributed by atoms with Gasteiger partial charge in [0, 0.05) is 17.3 Å². The third-order valence-electron chi connectivity index (χ3n) is 2.97. The van der Waals surface area contributed by atoms with E-state index in [0.717, 1.165) is 7.11 Å². The molecule has 2 aromatic rings. The Kier molecular flexibility index (Phi) is 3.71.